The van der Waals surface area contributed by atoms with Crippen molar-refractivity contribution in [1.82, 2.24) is 16.2 Å². The number of hydrogen-bond acceptors (Lipinski definition) is 3. The first-order valence-electron chi connectivity index (χ1n) is 5.73. The fourth-order valence-corrected chi connectivity index (χ4v) is 1.38. The standard InChI is InChI=1S/C13H21N3O.BrH/c1-13(2,3)16-12(17)11-7-5-10(6-8-11)9-15-14-4;/h5-8,14-15H,9H2,1-4H3,(H,16,17);1H. The summed E-state index contributed by atoms with van der Waals surface area (Å²) >= 11 is 0. The molecule has 102 valence electrons. The number of nitrogens with one attached hydrogen (secondary N) is 3. The number of carbonyl (C=O) groups excluding carboxylic acids is 1. The van der Waals surface area contributed by atoms with E-state index in [0.29, 0.717) is 5.56 Å². The Labute approximate surface area is 119 Å². The predicted octanol–water partition coefficient (Wildman–Crippen LogP) is 2.02. The fourth-order valence-electron chi connectivity index (χ4n) is 1.38. The van der Waals surface area contributed by atoms with Crippen LogP contribution in [0.15, 0.2) is 24.3 Å². The Bertz CT molecular complexity index is 371. The molecule has 18 heavy (non-hydrogen) atoms. The Balaban J connectivity index is 0.00000289. The zero-order valence-corrected chi connectivity index (χ0v) is 13.0. The van der Waals surface area contributed by atoms with E-state index in [1.807, 2.05) is 52.1 Å². The third-order valence-corrected chi connectivity index (χ3v) is 2.17. The van der Waals surface area contributed by atoms with E-state index in [0.717, 1.165) is 12.1 Å². The number of hydrazine groups is 1. The first-order chi connectivity index (χ1) is 7.92. The first-order valence-corrected chi connectivity index (χ1v) is 5.73. The molecule has 0 fully saturated rings. The molecule has 0 aliphatic rings. The summed E-state index contributed by atoms with van der Waals surface area (Å²) in [4.78, 5) is 11.8. The van der Waals surface area contributed by atoms with Crippen LogP contribution in [0.5, 0.6) is 0 Å². The Morgan fingerprint density at radius 1 is 1.17 bits per heavy atom. The molecule has 0 atom stereocenters. The van der Waals surface area contributed by atoms with Gasteiger partial charge in [-0.2, -0.15) is 0 Å². The normalized spacial score (nSPS) is 10.7. The molecule has 5 heteroatoms. The molecule has 0 unspecified atom stereocenters. The van der Waals surface area contributed by atoms with Crippen LogP contribution in [-0.2, 0) is 6.54 Å². The lowest BCUT2D eigenvalue weighted by molar-refractivity contribution is 0.0919. The second kappa shape index (κ2) is 7.51. The van der Waals surface area contributed by atoms with E-state index >= 15 is 0 Å². The van der Waals surface area contributed by atoms with Crippen LogP contribution in [-0.4, -0.2) is 18.5 Å². The molecule has 0 aliphatic heterocycles. The van der Waals surface area contributed by atoms with Crippen molar-refractivity contribution < 1.29 is 4.79 Å². The van der Waals surface area contributed by atoms with Crippen LogP contribution in [0.25, 0.3) is 0 Å². The van der Waals surface area contributed by atoms with Gasteiger partial charge in [0, 0.05) is 17.6 Å². The molecule has 3 N–H and O–H groups in total. The van der Waals surface area contributed by atoms with Crippen LogP contribution in [0.3, 0.4) is 0 Å². The second-order valence-corrected chi connectivity index (χ2v) is 5.00. The molecule has 0 bridgehead atoms. The molecule has 0 aliphatic carbocycles. The molecule has 0 radical (unpaired) electrons. The average Bonchev–Trinajstić information content (AvgIpc) is 2.24. The minimum absolute atomic E-state index is 0. The molecule has 1 aromatic rings. The third-order valence-electron chi connectivity index (χ3n) is 2.17. The number of amides is 1. The summed E-state index contributed by atoms with van der Waals surface area (Å²) in [5.74, 6) is -0.0365. The summed E-state index contributed by atoms with van der Waals surface area (Å²) in [6, 6.07) is 7.57. The summed E-state index contributed by atoms with van der Waals surface area (Å²) in [6.07, 6.45) is 0. The van der Waals surface area contributed by atoms with E-state index < -0.39 is 0 Å². The van der Waals surface area contributed by atoms with Gasteiger partial charge in [-0.25, -0.2) is 0 Å². The van der Waals surface area contributed by atoms with E-state index in [-0.39, 0.29) is 28.4 Å². The zero-order valence-electron chi connectivity index (χ0n) is 11.3. The second-order valence-electron chi connectivity index (χ2n) is 5.00. The number of benzene rings is 1. The molecule has 4 nitrogen and oxygen atoms in total. The lowest BCUT2D eigenvalue weighted by Gasteiger charge is -2.20. The maximum Gasteiger partial charge on any atom is 0.251 e. The van der Waals surface area contributed by atoms with Gasteiger partial charge in [-0.3, -0.25) is 15.6 Å². The maximum absolute atomic E-state index is 11.8. The number of halogens is 1. The summed E-state index contributed by atoms with van der Waals surface area (Å²) in [5.41, 5.74) is 7.47. The Morgan fingerprint density at radius 2 is 1.72 bits per heavy atom. The van der Waals surface area contributed by atoms with E-state index in [4.69, 9.17) is 0 Å². The summed E-state index contributed by atoms with van der Waals surface area (Å²) in [5, 5.41) is 2.93. The van der Waals surface area contributed by atoms with Gasteiger partial charge in [-0.1, -0.05) is 12.1 Å². The number of carbonyl (C=O) groups is 1. The fraction of sp³-hybridized carbons (Fsp3) is 0.462. The van der Waals surface area contributed by atoms with Gasteiger partial charge in [0.25, 0.3) is 5.91 Å². The molecule has 0 saturated carbocycles. The highest BCUT2D eigenvalue weighted by Gasteiger charge is 2.14. The highest BCUT2D eigenvalue weighted by atomic mass is 79.9. The lowest BCUT2D eigenvalue weighted by atomic mass is 10.1. The topological polar surface area (TPSA) is 53.2 Å². The monoisotopic (exact) mass is 315 g/mol. The van der Waals surface area contributed by atoms with E-state index in [9.17, 15) is 4.79 Å². The number of rotatable bonds is 4. The first kappa shape index (κ1) is 17.1. The minimum Gasteiger partial charge on any atom is -0.347 e. The van der Waals surface area contributed by atoms with Crippen molar-refractivity contribution in [3.8, 4) is 0 Å². The molecular formula is C13H22BrN3O. The van der Waals surface area contributed by atoms with Crippen molar-refractivity contribution in [3.63, 3.8) is 0 Å². The van der Waals surface area contributed by atoms with Gasteiger partial charge in [0.2, 0.25) is 0 Å². The quantitative estimate of drug-likeness (QED) is 0.745. The highest BCUT2D eigenvalue weighted by Crippen LogP contribution is 2.07. The molecule has 1 aromatic carbocycles. The Kier molecular flexibility index (Phi) is 7.13. The van der Waals surface area contributed by atoms with Crippen LogP contribution in [0.4, 0.5) is 0 Å². The maximum atomic E-state index is 11.8. The Morgan fingerprint density at radius 3 is 2.17 bits per heavy atom. The third kappa shape index (κ3) is 6.14. The van der Waals surface area contributed by atoms with E-state index in [1.54, 1.807) is 0 Å². The SMILES string of the molecule is Br.CNNCc1ccc(C(=O)NC(C)(C)C)cc1. The van der Waals surface area contributed by atoms with Gasteiger partial charge in [0.05, 0.1) is 0 Å². The molecule has 0 saturated heterocycles. The average molecular weight is 316 g/mol. The van der Waals surface area contributed by atoms with Crippen molar-refractivity contribution in [2.24, 2.45) is 0 Å². The predicted molar refractivity (Wildman–Crippen MR) is 79.9 cm³/mol. The van der Waals surface area contributed by atoms with Crippen molar-refractivity contribution in [1.29, 1.82) is 0 Å². The Hall–Kier alpha value is -0.910. The molecule has 0 heterocycles. The van der Waals surface area contributed by atoms with Gasteiger partial charge in [0.1, 0.15) is 0 Å². The largest absolute Gasteiger partial charge is 0.347 e. The molecule has 0 spiro atoms. The van der Waals surface area contributed by atoms with Crippen molar-refractivity contribution in [2.45, 2.75) is 32.9 Å². The van der Waals surface area contributed by atoms with Crippen molar-refractivity contribution in [2.75, 3.05) is 7.05 Å². The van der Waals surface area contributed by atoms with Crippen molar-refractivity contribution in [3.05, 3.63) is 35.4 Å². The minimum atomic E-state index is -0.205. The van der Waals surface area contributed by atoms with Crippen LogP contribution in [0, 0.1) is 0 Å². The zero-order chi connectivity index (χ0) is 12.9. The molecule has 1 rings (SSSR count). The summed E-state index contributed by atoms with van der Waals surface area (Å²) < 4.78 is 0. The van der Waals surface area contributed by atoms with Crippen LogP contribution in [0.2, 0.25) is 0 Å². The van der Waals surface area contributed by atoms with Gasteiger partial charge >= 0.3 is 0 Å². The van der Waals surface area contributed by atoms with Gasteiger partial charge < -0.3 is 5.32 Å². The van der Waals surface area contributed by atoms with Gasteiger partial charge in [-0.05, 0) is 45.5 Å². The van der Waals surface area contributed by atoms with E-state index in [2.05, 4.69) is 16.2 Å². The van der Waals surface area contributed by atoms with Crippen LogP contribution in [0.1, 0.15) is 36.7 Å². The molecular weight excluding hydrogens is 294 g/mol. The van der Waals surface area contributed by atoms with Gasteiger partial charge in [0.15, 0.2) is 0 Å². The highest BCUT2D eigenvalue weighted by molar-refractivity contribution is 8.93. The number of hydrogen-bond donors (Lipinski definition) is 3. The van der Waals surface area contributed by atoms with Crippen molar-refractivity contribution >= 4 is 22.9 Å². The summed E-state index contributed by atoms with van der Waals surface area (Å²) in [7, 11) is 1.82. The summed E-state index contributed by atoms with van der Waals surface area (Å²) in [6.45, 7) is 6.64. The van der Waals surface area contributed by atoms with Crippen LogP contribution < -0.4 is 16.2 Å². The van der Waals surface area contributed by atoms with Gasteiger partial charge in [-0.15, -0.1) is 17.0 Å². The molecule has 0 aromatic heterocycles. The molecule has 1 amide bonds. The van der Waals surface area contributed by atoms with E-state index in [1.165, 1.54) is 0 Å². The smallest absolute Gasteiger partial charge is 0.251 e. The van der Waals surface area contributed by atoms with Crippen LogP contribution >= 0.6 is 17.0 Å². The lowest BCUT2D eigenvalue weighted by Crippen LogP contribution is -2.40.